The van der Waals surface area contributed by atoms with Gasteiger partial charge in [0.25, 0.3) is 0 Å². The second-order valence-electron chi connectivity index (χ2n) is 4.61. The van der Waals surface area contributed by atoms with E-state index < -0.39 is 0 Å². The summed E-state index contributed by atoms with van der Waals surface area (Å²) >= 11 is 0. The van der Waals surface area contributed by atoms with Gasteiger partial charge >= 0.3 is 0 Å². The lowest BCUT2D eigenvalue weighted by molar-refractivity contribution is 0.0776. The number of aliphatic imine (C=N–C) groups is 1. The van der Waals surface area contributed by atoms with Crippen molar-refractivity contribution in [2.75, 3.05) is 20.2 Å². The van der Waals surface area contributed by atoms with Crippen LogP contribution in [0.25, 0.3) is 0 Å². The summed E-state index contributed by atoms with van der Waals surface area (Å²) < 4.78 is 5.49. The molecule has 0 saturated heterocycles. The average molecular weight is 391 g/mol. The van der Waals surface area contributed by atoms with E-state index in [9.17, 15) is 0 Å². The van der Waals surface area contributed by atoms with Crippen LogP contribution in [0.4, 0.5) is 0 Å². The fraction of sp³-hybridized carbons (Fsp3) is 0.533. The first-order chi connectivity index (χ1) is 9.22. The van der Waals surface area contributed by atoms with Crippen molar-refractivity contribution in [3.05, 3.63) is 35.9 Å². The molecule has 0 fully saturated rings. The molecule has 4 nitrogen and oxygen atoms in total. The van der Waals surface area contributed by atoms with Gasteiger partial charge in [0, 0.05) is 26.7 Å². The van der Waals surface area contributed by atoms with Crippen molar-refractivity contribution >= 4 is 29.9 Å². The molecule has 0 amide bonds. The maximum atomic E-state index is 5.49. The van der Waals surface area contributed by atoms with Gasteiger partial charge < -0.3 is 15.4 Å². The quantitative estimate of drug-likeness (QED) is 0.325. The fourth-order valence-corrected chi connectivity index (χ4v) is 1.60. The molecular formula is C15H26IN3O. The fourth-order valence-electron chi connectivity index (χ4n) is 1.60. The molecule has 2 N–H and O–H groups in total. The molecule has 0 saturated carbocycles. The molecular weight excluding hydrogens is 365 g/mol. The Labute approximate surface area is 139 Å². The lowest BCUT2D eigenvalue weighted by atomic mass is 10.2. The van der Waals surface area contributed by atoms with E-state index in [0.717, 1.165) is 32.1 Å². The zero-order valence-electron chi connectivity index (χ0n) is 12.6. The third kappa shape index (κ3) is 9.14. The molecule has 0 unspecified atom stereocenters. The molecule has 1 aromatic carbocycles. The molecule has 0 atom stereocenters. The van der Waals surface area contributed by atoms with Crippen molar-refractivity contribution in [1.82, 2.24) is 10.6 Å². The minimum Gasteiger partial charge on any atom is -0.379 e. The van der Waals surface area contributed by atoms with Gasteiger partial charge in [-0.2, -0.15) is 0 Å². The van der Waals surface area contributed by atoms with Crippen molar-refractivity contribution < 1.29 is 4.74 Å². The van der Waals surface area contributed by atoms with Crippen molar-refractivity contribution in [3.8, 4) is 0 Å². The van der Waals surface area contributed by atoms with Crippen molar-refractivity contribution in [3.63, 3.8) is 0 Å². The van der Waals surface area contributed by atoms with Gasteiger partial charge in [-0.25, -0.2) is 0 Å². The van der Waals surface area contributed by atoms with Gasteiger partial charge in [-0.1, -0.05) is 30.3 Å². The molecule has 0 radical (unpaired) electrons. The molecule has 0 heterocycles. The minimum atomic E-state index is 0. The van der Waals surface area contributed by atoms with E-state index in [4.69, 9.17) is 4.74 Å². The summed E-state index contributed by atoms with van der Waals surface area (Å²) in [4.78, 5) is 4.19. The summed E-state index contributed by atoms with van der Waals surface area (Å²) in [7, 11) is 1.78. The van der Waals surface area contributed by atoms with Crippen molar-refractivity contribution in [1.29, 1.82) is 0 Å². The second kappa shape index (κ2) is 12.0. The summed E-state index contributed by atoms with van der Waals surface area (Å²) in [6, 6.07) is 10.3. The Morgan fingerprint density at radius 1 is 1.20 bits per heavy atom. The second-order valence-corrected chi connectivity index (χ2v) is 4.61. The number of ether oxygens (including phenoxy) is 1. The number of hydrogen-bond acceptors (Lipinski definition) is 2. The zero-order chi connectivity index (χ0) is 13.9. The summed E-state index contributed by atoms with van der Waals surface area (Å²) in [6.07, 6.45) is 1.28. The number of nitrogens with zero attached hydrogens (tertiary/aromatic N) is 1. The van der Waals surface area contributed by atoms with Gasteiger partial charge in [0.05, 0.1) is 6.10 Å². The highest BCUT2D eigenvalue weighted by Crippen LogP contribution is 1.96. The SMILES string of the molecule is CN=C(NCCCOC(C)C)NCc1ccccc1.I. The summed E-state index contributed by atoms with van der Waals surface area (Å²) in [5.41, 5.74) is 1.24. The summed E-state index contributed by atoms with van der Waals surface area (Å²) in [5, 5.41) is 6.56. The van der Waals surface area contributed by atoms with Gasteiger partial charge in [0.15, 0.2) is 5.96 Å². The van der Waals surface area contributed by atoms with Crippen LogP contribution in [0.2, 0.25) is 0 Å². The Bertz CT molecular complexity index is 369. The van der Waals surface area contributed by atoms with E-state index in [1.165, 1.54) is 5.56 Å². The van der Waals surface area contributed by atoms with E-state index in [2.05, 4.69) is 27.8 Å². The van der Waals surface area contributed by atoms with Gasteiger partial charge in [-0.3, -0.25) is 4.99 Å². The number of hydrogen-bond donors (Lipinski definition) is 2. The van der Waals surface area contributed by atoms with Gasteiger partial charge in [0.2, 0.25) is 0 Å². The van der Waals surface area contributed by atoms with E-state index in [0.29, 0.717) is 6.10 Å². The highest BCUT2D eigenvalue weighted by atomic mass is 127. The predicted octanol–water partition coefficient (Wildman–Crippen LogP) is 2.78. The van der Waals surface area contributed by atoms with Gasteiger partial charge in [-0.15, -0.1) is 24.0 Å². The Kier molecular flexibility index (Phi) is 11.5. The van der Waals surface area contributed by atoms with E-state index in [-0.39, 0.29) is 24.0 Å². The molecule has 20 heavy (non-hydrogen) atoms. The van der Waals surface area contributed by atoms with E-state index in [1.54, 1.807) is 7.05 Å². The molecule has 0 aromatic heterocycles. The lowest BCUT2D eigenvalue weighted by Crippen LogP contribution is -2.37. The first kappa shape index (κ1) is 19.2. The van der Waals surface area contributed by atoms with Crippen LogP contribution in [0.1, 0.15) is 25.8 Å². The number of nitrogens with one attached hydrogen (secondary N) is 2. The van der Waals surface area contributed by atoms with Crippen molar-refractivity contribution in [2.45, 2.75) is 32.9 Å². The topological polar surface area (TPSA) is 45.7 Å². The smallest absolute Gasteiger partial charge is 0.191 e. The van der Waals surface area contributed by atoms with E-state index >= 15 is 0 Å². The maximum Gasteiger partial charge on any atom is 0.191 e. The Morgan fingerprint density at radius 3 is 2.50 bits per heavy atom. The minimum absolute atomic E-state index is 0. The van der Waals surface area contributed by atoms with Crippen LogP contribution in [0.3, 0.4) is 0 Å². The molecule has 1 aromatic rings. The Hall–Kier alpha value is -0.820. The Morgan fingerprint density at radius 2 is 1.90 bits per heavy atom. The lowest BCUT2D eigenvalue weighted by Gasteiger charge is -2.12. The van der Waals surface area contributed by atoms with Crippen LogP contribution in [0.5, 0.6) is 0 Å². The number of halogens is 1. The van der Waals surface area contributed by atoms with Crippen LogP contribution in [0, 0.1) is 0 Å². The highest BCUT2D eigenvalue weighted by Gasteiger charge is 1.98. The average Bonchev–Trinajstić information content (AvgIpc) is 2.42. The van der Waals surface area contributed by atoms with E-state index in [1.807, 2.05) is 32.0 Å². The molecule has 0 aliphatic rings. The molecule has 0 spiro atoms. The van der Waals surface area contributed by atoms with Crippen molar-refractivity contribution in [2.24, 2.45) is 4.99 Å². The number of guanidine groups is 1. The molecule has 0 bridgehead atoms. The molecule has 0 aliphatic carbocycles. The van der Waals surface area contributed by atoms with Gasteiger partial charge in [0.1, 0.15) is 0 Å². The Balaban J connectivity index is 0.00000361. The maximum absolute atomic E-state index is 5.49. The number of benzene rings is 1. The normalized spacial score (nSPS) is 11.1. The predicted molar refractivity (Wildman–Crippen MR) is 95.8 cm³/mol. The van der Waals surface area contributed by atoms with Crippen LogP contribution in [-0.4, -0.2) is 32.3 Å². The molecule has 1 rings (SSSR count). The first-order valence-corrected chi connectivity index (χ1v) is 6.82. The highest BCUT2D eigenvalue weighted by molar-refractivity contribution is 14.0. The van der Waals surface area contributed by atoms with Crippen LogP contribution in [-0.2, 0) is 11.3 Å². The zero-order valence-corrected chi connectivity index (χ0v) is 14.9. The molecule has 0 aliphatic heterocycles. The first-order valence-electron chi connectivity index (χ1n) is 6.82. The largest absolute Gasteiger partial charge is 0.379 e. The van der Waals surface area contributed by atoms with Crippen LogP contribution in [0.15, 0.2) is 35.3 Å². The molecule has 114 valence electrons. The summed E-state index contributed by atoms with van der Waals surface area (Å²) in [5.74, 6) is 0.827. The third-order valence-corrected chi connectivity index (χ3v) is 2.59. The van der Waals surface area contributed by atoms with Crippen LogP contribution >= 0.6 is 24.0 Å². The number of rotatable bonds is 7. The summed E-state index contributed by atoms with van der Waals surface area (Å²) in [6.45, 7) is 6.52. The molecule has 5 heteroatoms. The monoisotopic (exact) mass is 391 g/mol. The third-order valence-electron chi connectivity index (χ3n) is 2.59. The standard InChI is InChI=1S/C15H25N3O.HI/c1-13(2)19-11-7-10-17-15(16-3)18-12-14-8-5-4-6-9-14;/h4-6,8-9,13H,7,10-12H2,1-3H3,(H2,16,17,18);1H. The van der Waals surface area contributed by atoms with Gasteiger partial charge in [-0.05, 0) is 25.8 Å². The van der Waals surface area contributed by atoms with Crippen LogP contribution < -0.4 is 10.6 Å².